The van der Waals surface area contributed by atoms with Crippen LogP contribution in [0, 0.1) is 18.3 Å². The second-order valence-corrected chi connectivity index (χ2v) is 8.85. The number of carbonyl (C=O) groups excluding carboxylic acids is 1. The third-order valence-corrected chi connectivity index (χ3v) is 5.55. The normalized spacial score (nSPS) is 16.5. The molecule has 0 unspecified atom stereocenters. The van der Waals surface area contributed by atoms with Gasteiger partial charge in [0.2, 0.25) is 0 Å². The van der Waals surface area contributed by atoms with Crippen LogP contribution >= 0.6 is 35.0 Å². The second kappa shape index (κ2) is 10.1. The first-order chi connectivity index (χ1) is 14.4. The van der Waals surface area contributed by atoms with Crippen molar-refractivity contribution in [1.29, 1.82) is 0 Å². The predicted molar refractivity (Wildman–Crippen MR) is 126 cm³/mol. The third-order valence-electron chi connectivity index (χ3n) is 4.06. The van der Waals surface area contributed by atoms with E-state index in [9.17, 15) is 4.79 Å². The zero-order chi connectivity index (χ0) is 21.7. The molecular weight excluding hydrogens is 439 g/mol. The standard InChI is InChI=1S/C23H20Cl2N2O2S/c1-4-11-29-20-10-7-18(25)12-16(20)13-21-22(28)27(14-15(2)3)23(30-21)26-19-8-5-17(24)6-9-19/h1,5-10,12-13,15H,11,14H2,2-3H3/b21-13-,26-23?. The largest absolute Gasteiger partial charge is 0.480 e. The van der Waals surface area contributed by atoms with Crippen molar-refractivity contribution in [2.45, 2.75) is 13.8 Å². The van der Waals surface area contributed by atoms with Crippen LogP contribution in [0.5, 0.6) is 5.75 Å². The molecule has 2 aromatic rings. The minimum atomic E-state index is -0.107. The van der Waals surface area contributed by atoms with Gasteiger partial charge in [-0.05, 0) is 66.2 Å². The topological polar surface area (TPSA) is 41.9 Å². The number of ether oxygens (including phenoxy) is 1. The van der Waals surface area contributed by atoms with Gasteiger partial charge < -0.3 is 4.74 Å². The Morgan fingerprint density at radius 2 is 1.90 bits per heavy atom. The summed E-state index contributed by atoms with van der Waals surface area (Å²) in [5.74, 6) is 3.18. The van der Waals surface area contributed by atoms with E-state index in [-0.39, 0.29) is 18.4 Å². The van der Waals surface area contributed by atoms with E-state index in [0.717, 1.165) is 5.69 Å². The van der Waals surface area contributed by atoms with Gasteiger partial charge in [-0.1, -0.05) is 43.0 Å². The highest BCUT2D eigenvalue weighted by Crippen LogP contribution is 2.36. The number of hydrogen-bond acceptors (Lipinski definition) is 4. The van der Waals surface area contributed by atoms with Gasteiger partial charge in [0, 0.05) is 22.2 Å². The van der Waals surface area contributed by atoms with Crippen molar-refractivity contribution in [1.82, 2.24) is 4.90 Å². The zero-order valence-corrected chi connectivity index (χ0v) is 18.9. The van der Waals surface area contributed by atoms with Crippen molar-refractivity contribution >= 4 is 57.8 Å². The summed E-state index contributed by atoms with van der Waals surface area (Å²) >= 11 is 13.4. The molecule has 1 aliphatic heterocycles. The Hall–Kier alpha value is -2.39. The van der Waals surface area contributed by atoms with Gasteiger partial charge >= 0.3 is 0 Å². The summed E-state index contributed by atoms with van der Waals surface area (Å²) in [5, 5.41) is 1.80. The number of rotatable bonds is 6. The summed E-state index contributed by atoms with van der Waals surface area (Å²) in [4.78, 5) is 20.0. The van der Waals surface area contributed by atoms with Gasteiger partial charge in [0.05, 0.1) is 10.6 Å². The molecule has 4 nitrogen and oxygen atoms in total. The molecule has 2 aromatic carbocycles. The predicted octanol–water partition coefficient (Wildman–Crippen LogP) is 6.27. The van der Waals surface area contributed by atoms with E-state index >= 15 is 0 Å². The van der Waals surface area contributed by atoms with E-state index in [0.29, 0.717) is 38.0 Å². The van der Waals surface area contributed by atoms with E-state index in [4.69, 9.17) is 34.4 Å². The lowest BCUT2D eigenvalue weighted by molar-refractivity contribution is -0.122. The van der Waals surface area contributed by atoms with Crippen LogP contribution < -0.4 is 4.74 Å². The molecule has 0 N–H and O–H groups in total. The molecule has 0 spiro atoms. The van der Waals surface area contributed by atoms with Crippen LogP contribution in [0.4, 0.5) is 5.69 Å². The van der Waals surface area contributed by atoms with E-state index in [2.05, 4.69) is 24.8 Å². The van der Waals surface area contributed by atoms with E-state index in [1.54, 1.807) is 41.3 Å². The number of benzene rings is 2. The molecule has 1 aliphatic rings. The molecule has 0 aliphatic carbocycles. The number of hydrogen-bond donors (Lipinski definition) is 0. The van der Waals surface area contributed by atoms with Gasteiger partial charge in [0.25, 0.3) is 5.91 Å². The molecule has 154 valence electrons. The summed E-state index contributed by atoms with van der Waals surface area (Å²) < 4.78 is 5.60. The molecule has 0 bridgehead atoms. The number of aliphatic imine (C=N–C) groups is 1. The summed E-state index contributed by atoms with van der Waals surface area (Å²) in [6, 6.07) is 12.4. The minimum absolute atomic E-state index is 0.107. The average Bonchev–Trinajstić information content (AvgIpc) is 2.97. The molecule has 1 saturated heterocycles. The Bertz CT molecular complexity index is 1040. The fraction of sp³-hybridized carbons (Fsp3) is 0.217. The number of thioether (sulfide) groups is 1. The van der Waals surface area contributed by atoms with E-state index in [1.807, 2.05) is 12.1 Å². The zero-order valence-electron chi connectivity index (χ0n) is 16.6. The minimum Gasteiger partial charge on any atom is -0.480 e. The highest BCUT2D eigenvalue weighted by atomic mass is 35.5. The quantitative estimate of drug-likeness (QED) is 0.378. The van der Waals surface area contributed by atoms with Crippen molar-refractivity contribution in [3.05, 3.63) is 63.0 Å². The maximum atomic E-state index is 13.1. The Balaban J connectivity index is 1.98. The molecule has 7 heteroatoms. The molecule has 30 heavy (non-hydrogen) atoms. The first-order valence-electron chi connectivity index (χ1n) is 9.29. The van der Waals surface area contributed by atoms with Crippen molar-refractivity contribution in [3.63, 3.8) is 0 Å². The van der Waals surface area contributed by atoms with Crippen LogP contribution in [0.3, 0.4) is 0 Å². The second-order valence-electron chi connectivity index (χ2n) is 6.97. The summed E-state index contributed by atoms with van der Waals surface area (Å²) in [6.07, 6.45) is 7.07. The molecule has 1 amide bonds. The van der Waals surface area contributed by atoms with Gasteiger partial charge in [0.15, 0.2) is 5.17 Å². The highest BCUT2D eigenvalue weighted by Gasteiger charge is 2.34. The average molecular weight is 459 g/mol. The Labute approximate surface area is 190 Å². The van der Waals surface area contributed by atoms with Gasteiger partial charge in [-0.2, -0.15) is 0 Å². The van der Waals surface area contributed by atoms with Crippen molar-refractivity contribution in [3.8, 4) is 18.1 Å². The molecule has 0 aromatic heterocycles. The Kier molecular flexibility index (Phi) is 7.49. The van der Waals surface area contributed by atoms with Gasteiger partial charge in [-0.3, -0.25) is 9.69 Å². The highest BCUT2D eigenvalue weighted by molar-refractivity contribution is 8.18. The number of amidine groups is 1. The fourth-order valence-corrected chi connectivity index (χ4v) is 4.07. The number of carbonyl (C=O) groups is 1. The van der Waals surface area contributed by atoms with Crippen LogP contribution in [-0.4, -0.2) is 29.1 Å². The van der Waals surface area contributed by atoms with Gasteiger partial charge in [-0.25, -0.2) is 4.99 Å². The first-order valence-corrected chi connectivity index (χ1v) is 10.9. The van der Waals surface area contributed by atoms with Crippen LogP contribution in [-0.2, 0) is 4.79 Å². The van der Waals surface area contributed by atoms with E-state index in [1.165, 1.54) is 11.8 Å². The van der Waals surface area contributed by atoms with Crippen LogP contribution in [0.2, 0.25) is 10.0 Å². The smallest absolute Gasteiger partial charge is 0.266 e. The molecule has 3 rings (SSSR count). The summed E-state index contributed by atoms with van der Waals surface area (Å²) in [6.45, 7) is 4.80. The Morgan fingerprint density at radius 3 is 2.57 bits per heavy atom. The molecule has 0 saturated carbocycles. The number of nitrogens with zero attached hydrogens (tertiary/aromatic N) is 2. The lowest BCUT2D eigenvalue weighted by Gasteiger charge is -2.17. The summed E-state index contributed by atoms with van der Waals surface area (Å²) in [7, 11) is 0. The van der Waals surface area contributed by atoms with Crippen LogP contribution in [0.1, 0.15) is 19.4 Å². The lowest BCUT2D eigenvalue weighted by atomic mass is 10.1. The molecule has 1 heterocycles. The SMILES string of the molecule is C#CCOc1ccc(Cl)cc1/C=C1\SC(=Nc2ccc(Cl)cc2)N(CC(C)C)C1=O. The molecular formula is C23H20Cl2N2O2S. The molecule has 0 atom stereocenters. The maximum Gasteiger partial charge on any atom is 0.266 e. The number of terminal acetylenes is 1. The molecule has 1 fully saturated rings. The van der Waals surface area contributed by atoms with Gasteiger partial charge in [-0.15, -0.1) is 6.42 Å². The van der Waals surface area contributed by atoms with Crippen molar-refractivity contribution in [2.24, 2.45) is 10.9 Å². The van der Waals surface area contributed by atoms with Crippen molar-refractivity contribution in [2.75, 3.05) is 13.2 Å². The Morgan fingerprint density at radius 1 is 1.20 bits per heavy atom. The first kappa shape index (κ1) is 22.3. The van der Waals surface area contributed by atoms with Crippen LogP contribution in [0.15, 0.2) is 52.4 Å². The van der Waals surface area contributed by atoms with Crippen LogP contribution in [0.25, 0.3) is 6.08 Å². The summed E-state index contributed by atoms with van der Waals surface area (Å²) in [5.41, 5.74) is 1.41. The lowest BCUT2D eigenvalue weighted by Crippen LogP contribution is -2.32. The maximum absolute atomic E-state index is 13.1. The monoisotopic (exact) mass is 458 g/mol. The van der Waals surface area contributed by atoms with E-state index < -0.39 is 0 Å². The molecule has 0 radical (unpaired) electrons. The van der Waals surface area contributed by atoms with Gasteiger partial charge in [0.1, 0.15) is 12.4 Å². The number of amides is 1. The third kappa shape index (κ3) is 5.60. The number of halogens is 2. The fourth-order valence-electron chi connectivity index (χ4n) is 2.77. The van der Waals surface area contributed by atoms with Crippen molar-refractivity contribution < 1.29 is 9.53 Å².